The van der Waals surface area contributed by atoms with Crippen molar-refractivity contribution in [1.82, 2.24) is 9.47 Å². The molecule has 1 saturated heterocycles. The molecule has 0 N–H and O–H groups in total. The van der Waals surface area contributed by atoms with Crippen LogP contribution in [0.25, 0.3) is 5.69 Å². The van der Waals surface area contributed by atoms with Crippen molar-refractivity contribution in [1.29, 1.82) is 0 Å². The van der Waals surface area contributed by atoms with E-state index in [2.05, 4.69) is 0 Å². The van der Waals surface area contributed by atoms with Gasteiger partial charge in [-0.25, -0.2) is 4.39 Å². The number of carbonyl (C=O) groups is 1. The number of thioether (sulfide) groups is 1. The normalized spacial score (nSPS) is 18.8. The molecule has 104 valence electrons. The first-order chi connectivity index (χ1) is 9.69. The molecule has 0 aliphatic carbocycles. The lowest BCUT2D eigenvalue weighted by Crippen LogP contribution is -2.27. The lowest BCUT2D eigenvalue weighted by atomic mass is 10.3. The topological polar surface area (TPSA) is 25.2 Å². The molecule has 1 atom stereocenters. The Morgan fingerprint density at radius 2 is 2.05 bits per heavy atom. The van der Waals surface area contributed by atoms with Crippen LogP contribution in [0.4, 0.5) is 4.39 Å². The average Bonchev–Trinajstić information content (AvgIpc) is 3.06. The number of halogens is 1. The summed E-state index contributed by atoms with van der Waals surface area (Å²) < 4.78 is 14.9. The maximum atomic E-state index is 12.9. The zero-order chi connectivity index (χ0) is 14.1. The first kappa shape index (κ1) is 13.2. The van der Waals surface area contributed by atoms with Crippen molar-refractivity contribution in [2.24, 2.45) is 0 Å². The van der Waals surface area contributed by atoms with E-state index in [-0.39, 0.29) is 17.1 Å². The smallest absolute Gasteiger partial charge is 0.233 e. The first-order valence-electron chi connectivity index (χ1n) is 6.54. The van der Waals surface area contributed by atoms with Gasteiger partial charge in [-0.1, -0.05) is 0 Å². The number of hydrogen-bond acceptors (Lipinski definition) is 2. The molecule has 5 heteroatoms. The summed E-state index contributed by atoms with van der Waals surface area (Å²) in [5, 5.41) is 0.0919. The monoisotopic (exact) mass is 290 g/mol. The molecule has 0 radical (unpaired) electrons. The highest BCUT2D eigenvalue weighted by Gasteiger charge is 2.31. The van der Waals surface area contributed by atoms with Crippen LogP contribution in [0, 0.1) is 5.82 Å². The molecule has 2 aromatic rings. The minimum Gasteiger partial charge on any atom is -0.326 e. The van der Waals surface area contributed by atoms with E-state index in [0.717, 1.165) is 17.8 Å². The SMILES string of the molecule is CCN1C(=O)CS[C@H]1c1ccn(-c2ccc(F)cc2)c1. The number of benzene rings is 1. The maximum absolute atomic E-state index is 12.9. The molecule has 1 amide bonds. The van der Waals surface area contributed by atoms with E-state index in [9.17, 15) is 9.18 Å². The number of rotatable bonds is 3. The predicted octanol–water partition coefficient (Wildman–Crippen LogP) is 3.21. The van der Waals surface area contributed by atoms with Gasteiger partial charge in [0.2, 0.25) is 5.91 Å². The summed E-state index contributed by atoms with van der Waals surface area (Å²) in [6.45, 7) is 2.71. The van der Waals surface area contributed by atoms with Crippen molar-refractivity contribution in [2.75, 3.05) is 12.3 Å². The van der Waals surface area contributed by atoms with Crippen LogP contribution >= 0.6 is 11.8 Å². The van der Waals surface area contributed by atoms with Crippen LogP contribution in [0.15, 0.2) is 42.7 Å². The minimum absolute atomic E-state index is 0.0919. The Labute approximate surface area is 121 Å². The molecule has 0 saturated carbocycles. The summed E-state index contributed by atoms with van der Waals surface area (Å²) in [7, 11) is 0. The summed E-state index contributed by atoms with van der Waals surface area (Å²) in [4.78, 5) is 13.6. The lowest BCUT2D eigenvalue weighted by Gasteiger charge is -2.21. The van der Waals surface area contributed by atoms with Crippen molar-refractivity contribution in [3.05, 3.63) is 54.1 Å². The Morgan fingerprint density at radius 1 is 1.30 bits per heavy atom. The highest BCUT2D eigenvalue weighted by molar-refractivity contribution is 8.00. The molecule has 3 nitrogen and oxygen atoms in total. The van der Waals surface area contributed by atoms with Gasteiger partial charge in [0.05, 0.1) is 5.75 Å². The van der Waals surface area contributed by atoms with Gasteiger partial charge >= 0.3 is 0 Å². The van der Waals surface area contributed by atoms with E-state index in [0.29, 0.717) is 5.75 Å². The third-order valence-electron chi connectivity index (χ3n) is 3.43. The van der Waals surface area contributed by atoms with Gasteiger partial charge in [0.1, 0.15) is 11.2 Å². The summed E-state index contributed by atoms with van der Waals surface area (Å²) in [5.41, 5.74) is 2.02. The van der Waals surface area contributed by atoms with Gasteiger partial charge in [-0.05, 0) is 37.3 Å². The first-order valence-corrected chi connectivity index (χ1v) is 7.59. The van der Waals surface area contributed by atoms with Gasteiger partial charge in [0.15, 0.2) is 0 Å². The van der Waals surface area contributed by atoms with Crippen LogP contribution in [-0.4, -0.2) is 27.7 Å². The van der Waals surface area contributed by atoms with Gasteiger partial charge in [-0.3, -0.25) is 4.79 Å². The highest BCUT2D eigenvalue weighted by Crippen LogP contribution is 2.38. The fourth-order valence-electron chi connectivity index (χ4n) is 2.41. The Bertz CT molecular complexity index is 623. The number of hydrogen-bond donors (Lipinski definition) is 0. The summed E-state index contributed by atoms with van der Waals surface area (Å²) >= 11 is 1.65. The van der Waals surface area contributed by atoms with Crippen LogP contribution in [0.3, 0.4) is 0 Å². The largest absolute Gasteiger partial charge is 0.326 e. The van der Waals surface area contributed by atoms with Crippen LogP contribution in [0.1, 0.15) is 17.9 Å². The average molecular weight is 290 g/mol. The van der Waals surface area contributed by atoms with Crippen molar-refractivity contribution >= 4 is 17.7 Å². The molecule has 2 heterocycles. The molecule has 0 bridgehead atoms. The van der Waals surface area contributed by atoms with Gasteiger partial charge < -0.3 is 9.47 Å². The van der Waals surface area contributed by atoms with Crippen LogP contribution in [0.5, 0.6) is 0 Å². The fraction of sp³-hybridized carbons (Fsp3) is 0.267. The van der Waals surface area contributed by atoms with E-state index < -0.39 is 0 Å². The molecule has 1 fully saturated rings. The van der Waals surface area contributed by atoms with Gasteiger partial charge in [0, 0.05) is 30.2 Å². The molecule has 0 spiro atoms. The second kappa shape index (κ2) is 5.32. The Kier molecular flexibility index (Phi) is 3.53. The Balaban J connectivity index is 1.87. The van der Waals surface area contributed by atoms with Crippen LogP contribution < -0.4 is 0 Å². The summed E-state index contributed by atoms with van der Waals surface area (Å²) in [5.74, 6) is 0.493. The Hall–Kier alpha value is -1.75. The van der Waals surface area contributed by atoms with Crippen molar-refractivity contribution in [2.45, 2.75) is 12.3 Å². The summed E-state index contributed by atoms with van der Waals surface area (Å²) in [6, 6.07) is 8.39. The molecule has 1 aromatic carbocycles. The van der Waals surface area contributed by atoms with E-state index in [1.165, 1.54) is 12.1 Å². The zero-order valence-corrected chi connectivity index (χ0v) is 11.9. The molecule has 20 heavy (non-hydrogen) atoms. The third kappa shape index (κ3) is 2.33. The molecule has 1 aliphatic rings. The van der Waals surface area contributed by atoms with Crippen LogP contribution in [0.2, 0.25) is 0 Å². The second-order valence-corrected chi connectivity index (χ2v) is 5.74. The molecule has 3 rings (SSSR count). The van der Waals surface area contributed by atoms with Crippen molar-refractivity contribution in [3.8, 4) is 5.69 Å². The zero-order valence-electron chi connectivity index (χ0n) is 11.1. The molecule has 1 aromatic heterocycles. The molecule has 1 aliphatic heterocycles. The van der Waals surface area contributed by atoms with E-state index in [1.54, 1.807) is 23.9 Å². The third-order valence-corrected chi connectivity index (χ3v) is 4.69. The van der Waals surface area contributed by atoms with E-state index in [4.69, 9.17) is 0 Å². The quantitative estimate of drug-likeness (QED) is 0.867. The predicted molar refractivity (Wildman–Crippen MR) is 78.3 cm³/mol. The minimum atomic E-state index is -0.241. The van der Waals surface area contributed by atoms with Gasteiger partial charge in [-0.2, -0.15) is 0 Å². The number of nitrogens with zero attached hydrogens (tertiary/aromatic N) is 2. The lowest BCUT2D eigenvalue weighted by molar-refractivity contribution is -0.127. The fourth-order valence-corrected chi connectivity index (χ4v) is 3.65. The maximum Gasteiger partial charge on any atom is 0.233 e. The van der Waals surface area contributed by atoms with Crippen LogP contribution in [-0.2, 0) is 4.79 Å². The van der Waals surface area contributed by atoms with Gasteiger partial charge in [0.25, 0.3) is 0 Å². The number of carbonyl (C=O) groups excluding carboxylic acids is 1. The summed E-state index contributed by atoms with van der Waals surface area (Å²) in [6.07, 6.45) is 3.95. The Morgan fingerprint density at radius 3 is 2.75 bits per heavy atom. The number of aromatic nitrogens is 1. The van der Waals surface area contributed by atoms with E-state index in [1.807, 2.05) is 34.9 Å². The standard InChI is InChI=1S/C15H15FN2OS/c1-2-18-14(19)10-20-15(18)11-7-8-17(9-11)13-5-3-12(16)4-6-13/h3-9,15H,2,10H2,1H3/t15-/m0/s1. The van der Waals surface area contributed by atoms with Gasteiger partial charge in [-0.15, -0.1) is 11.8 Å². The molecular formula is C15H15FN2OS. The van der Waals surface area contributed by atoms with Crippen molar-refractivity contribution < 1.29 is 9.18 Å². The molecular weight excluding hydrogens is 275 g/mol. The van der Waals surface area contributed by atoms with Crippen molar-refractivity contribution in [3.63, 3.8) is 0 Å². The molecule has 0 unspecified atom stereocenters. The number of amides is 1. The highest BCUT2D eigenvalue weighted by atomic mass is 32.2. The van der Waals surface area contributed by atoms with E-state index >= 15 is 0 Å². The second-order valence-electron chi connectivity index (χ2n) is 4.67.